The zero-order valence-electron chi connectivity index (χ0n) is 8.79. The molecule has 0 bridgehead atoms. The summed E-state index contributed by atoms with van der Waals surface area (Å²) in [5.74, 6) is -0.155. The van der Waals surface area contributed by atoms with Crippen molar-refractivity contribution in [2.45, 2.75) is 18.7 Å². The van der Waals surface area contributed by atoms with E-state index in [0.29, 0.717) is 10.6 Å². The number of hydrogen-bond acceptors (Lipinski definition) is 2. The van der Waals surface area contributed by atoms with Crippen molar-refractivity contribution < 1.29 is 9.18 Å². The number of rotatable bonds is 4. The monoisotopic (exact) mass is 227 g/mol. The Balaban J connectivity index is 2.66. The molecule has 0 atom stereocenters. The Morgan fingerprint density at radius 1 is 1.47 bits per heavy atom. The molecule has 82 valence electrons. The van der Waals surface area contributed by atoms with Gasteiger partial charge in [-0.05, 0) is 12.1 Å². The van der Waals surface area contributed by atoms with Gasteiger partial charge in [-0.2, -0.15) is 0 Å². The SMILES string of the molecule is CC(C)(CSc1ccccc1F)C(N)=O. The van der Waals surface area contributed by atoms with Crippen LogP contribution in [0.2, 0.25) is 0 Å². The molecule has 0 aromatic heterocycles. The summed E-state index contributed by atoms with van der Waals surface area (Å²) >= 11 is 1.31. The van der Waals surface area contributed by atoms with E-state index < -0.39 is 5.41 Å². The Bertz CT molecular complexity index is 365. The average Bonchev–Trinajstić information content (AvgIpc) is 2.16. The summed E-state index contributed by atoms with van der Waals surface area (Å²) in [6.45, 7) is 3.51. The van der Waals surface area contributed by atoms with E-state index in [4.69, 9.17) is 5.73 Å². The quantitative estimate of drug-likeness (QED) is 0.803. The number of halogens is 1. The van der Waals surface area contributed by atoms with Gasteiger partial charge in [0.25, 0.3) is 0 Å². The van der Waals surface area contributed by atoms with Gasteiger partial charge in [-0.1, -0.05) is 26.0 Å². The van der Waals surface area contributed by atoms with Gasteiger partial charge < -0.3 is 5.73 Å². The Hall–Kier alpha value is -1.03. The first-order valence-corrected chi connectivity index (χ1v) is 5.59. The molecule has 0 spiro atoms. The van der Waals surface area contributed by atoms with Crippen LogP contribution in [-0.2, 0) is 4.79 Å². The number of carbonyl (C=O) groups excluding carboxylic acids is 1. The van der Waals surface area contributed by atoms with E-state index in [1.54, 1.807) is 32.0 Å². The molecule has 0 saturated carbocycles. The van der Waals surface area contributed by atoms with Gasteiger partial charge in [0.2, 0.25) is 5.91 Å². The summed E-state index contributed by atoms with van der Waals surface area (Å²) in [6, 6.07) is 6.50. The molecule has 0 heterocycles. The molecule has 0 radical (unpaired) electrons. The summed E-state index contributed by atoms with van der Waals surface area (Å²) < 4.78 is 13.2. The summed E-state index contributed by atoms with van der Waals surface area (Å²) in [5, 5.41) is 0. The Morgan fingerprint density at radius 2 is 2.07 bits per heavy atom. The molecule has 0 aliphatic rings. The van der Waals surface area contributed by atoms with Gasteiger partial charge in [0.15, 0.2) is 0 Å². The number of hydrogen-bond donors (Lipinski definition) is 1. The first-order valence-electron chi connectivity index (χ1n) is 4.61. The number of amides is 1. The van der Waals surface area contributed by atoms with Crippen LogP contribution in [0, 0.1) is 11.2 Å². The minimum absolute atomic E-state index is 0.261. The molecule has 0 aliphatic carbocycles. The lowest BCUT2D eigenvalue weighted by Crippen LogP contribution is -2.33. The fourth-order valence-corrected chi connectivity index (χ4v) is 1.93. The molecular weight excluding hydrogens is 213 g/mol. The molecule has 0 saturated heterocycles. The topological polar surface area (TPSA) is 43.1 Å². The van der Waals surface area contributed by atoms with Gasteiger partial charge in [0.1, 0.15) is 5.82 Å². The smallest absolute Gasteiger partial charge is 0.223 e. The third-order valence-electron chi connectivity index (χ3n) is 2.09. The van der Waals surface area contributed by atoms with Crippen LogP contribution in [0.4, 0.5) is 4.39 Å². The van der Waals surface area contributed by atoms with Crippen LogP contribution in [0.1, 0.15) is 13.8 Å². The fourth-order valence-electron chi connectivity index (χ4n) is 0.891. The third-order valence-corrected chi connectivity index (χ3v) is 3.60. The molecule has 0 fully saturated rings. The minimum atomic E-state index is -0.618. The van der Waals surface area contributed by atoms with E-state index in [1.165, 1.54) is 17.8 Å². The van der Waals surface area contributed by atoms with E-state index in [0.717, 1.165) is 0 Å². The van der Waals surface area contributed by atoms with Crippen molar-refractivity contribution in [2.24, 2.45) is 11.1 Å². The lowest BCUT2D eigenvalue weighted by atomic mass is 9.96. The van der Waals surface area contributed by atoms with Gasteiger partial charge in [-0.15, -0.1) is 11.8 Å². The fraction of sp³-hybridized carbons (Fsp3) is 0.364. The highest BCUT2D eigenvalue weighted by atomic mass is 32.2. The molecule has 2 nitrogen and oxygen atoms in total. The predicted octanol–water partition coefficient (Wildman–Crippen LogP) is 2.43. The summed E-state index contributed by atoms with van der Waals surface area (Å²) in [5.41, 5.74) is 4.61. The molecule has 1 rings (SSSR count). The van der Waals surface area contributed by atoms with Crippen molar-refractivity contribution >= 4 is 17.7 Å². The molecule has 2 N–H and O–H groups in total. The summed E-state index contributed by atoms with van der Waals surface area (Å²) in [6.07, 6.45) is 0. The molecule has 1 aromatic rings. The predicted molar refractivity (Wildman–Crippen MR) is 60.1 cm³/mol. The minimum Gasteiger partial charge on any atom is -0.369 e. The van der Waals surface area contributed by atoms with Crippen molar-refractivity contribution in [1.29, 1.82) is 0 Å². The van der Waals surface area contributed by atoms with E-state index in [2.05, 4.69) is 0 Å². The molecule has 4 heteroatoms. The van der Waals surface area contributed by atoms with Gasteiger partial charge in [0, 0.05) is 10.6 Å². The maximum absolute atomic E-state index is 13.2. The summed E-state index contributed by atoms with van der Waals surface area (Å²) in [4.78, 5) is 11.6. The highest BCUT2D eigenvalue weighted by Gasteiger charge is 2.25. The third kappa shape index (κ3) is 3.23. The second-order valence-corrected chi connectivity index (χ2v) is 4.98. The summed E-state index contributed by atoms with van der Waals surface area (Å²) in [7, 11) is 0. The van der Waals surface area contributed by atoms with E-state index >= 15 is 0 Å². The molecule has 0 unspecified atom stereocenters. The zero-order valence-corrected chi connectivity index (χ0v) is 9.60. The van der Waals surface area contributed by atoms with E-state index in [-0.39, 0.29) is 11.7 Å². The molecule has 1 aromatic carbocycles. The number of carbonyl (C=O) groups is 1. The van der Waals surface area contributed by atoms with E-state index in [9.17, 15) is 9.18 Å². The first-order chi connectivity index (χ1) is 6.93. The second-order valence-electron chi connectivity index (χ2n) is 3.97. The van der Waals surface area contributed by atoms with Gasteiger partial charge >= 0.3 is 0 Å². The van der Waals surface area contributed by atoms with Crippen molar-refractivity contribution in [1.82, 2.24) is 0 Å². The highest BCUT2D eigenvalue weighted by molar-refractivity contribution is 7.99. The largest absolute Gasteiger partial charge is 0.369 e. The van der Waals surface area contributed by atoms with Crippen molar-refractivity contribution in [2.75, 3.05) is 5.75 Å². The maximum atomic E-state index is 13.2. The van der Waals surface area contributed by atoms with Crippen LogP contribution < -0.4 is 5.73 Å². The number of thioether (sulfide) groups is 1. The van der Waals surface area contributed by atoms with Crippen molar-refractivity contribution in [3.8, 4) is 0 Å². The normalized spacial score (nSPS) is 11.4. The van der Waals surface area contributed by atoms with Crippen LogP contribution in [-0.4, -0.2) is 11.7 Å². The van der Waals surface area contributed by atoms with Crippen molar-refractivity contribution in [3.63, 3.8) is 0 Å². The van der Waals surface area contributed by atoms with E-state index in [1.807, 2.05) is 0 Å². The van der Waals surface area contributed by atoms with Crippen LogP contribution in [0.15, 0.2) is 29.2 Å². The van der Waals surface area contributed by atoms with Gasteiger partial charge in [-0.25, -0.2) is 4.39 Å². The molecular formula is C11H14FNOS. The van der Waals surface area contributed by atoms with Gasteiger partial charge in [0.05, 0.1) is 5.41 Å². The maximum Gasteiger partial charge on any atom is 0.223 e. The standard InChI is InChI=1S/C11H14FNOS/c1-11(2,10(13)14)7-15-9-6-4-3-5-8(9)12/h3-6H,7H2,1-2H3,(H2,13,14). The molecule has 1 amide bonds. The average molecular weight is 227 g/mol. The molecule has 15 heavy (non-hydrogen) atoms. The highest BCUT2D eigenvalue weighted by Crippen LogP contribution is 2.28. The number of primary amides is 1. The van der Waals surface area contributed by atoms with Crippen molar-refractivity contribution in [3.05, 3.63) is 30.1 Å². The first kappa shape index (κ1) is 12.0. The lowest BCUT2D eigenvalue weighted by Gasteiger charge is -2.19. The Kier molecular flexibility index (Phi) is 3.74. The Morgan fingerprint density at radius 3 is 2.60 bits per heavy atom. The molecule has 0 aliphatic heterocycles. The van der Waals surface area contributed by atoms with Crippen LogP contribution in [0.5, 0.6) is 0 Å². The van der Waals surface area contributed by atoms with Crippen LogP contribution in [0.3, 0.4) is 0 Å². The Labute approximate surface area is 93.0 Å². The number of benzene rings is 1. The number of nitrogens with two attached hydrogens (primary N) is 1. The zero-order chi connectivity index (χ0) is 11.5. The van der Waals surface area contributed by atoms with Gasteiger partial charge in [-0.3, -0.25) is 4.79 Å². The second kappa shape index (κ2) is 4.66. The van der Waals surface area contributed by atoms with Crippen LogP contribution >= 0.6 is 11.8 Å². The lowest BCUT2D eigenvalue weighted by molar-refractivity contribution is -0.124. The van der Waals surface area contributed by atoms with Crippen LogP contribution in [0.25, 0.3) is 0 Å².